The lowest BCUT2D eigenvalue weighted by Crippen LogP contribution is -2.32. The molecule has 1 spiro atoms. The molecule has 0 radical (unpaired) electrons. The molecule has 0 unspecified atom stereocenters. The lowest BCUT2D eigenvalue weighted by Gasteiger charge is -2.33. The smallest absolute Gasteiger partial charge is 0.0727 e. The summed E-state index contributed by atoms with van der Waals surface area (Å²) >= 11 is 0. The van der Waals surface area contributed by atoms with Gasteiger partial charge in [0.15, 0.2) is 0 Å². The van der Waals surface area contributed by atoms with Crippen LogP contribution in [0.25, 0.3) is 5.57 Å². The van der Waals surface area contributed by atoms with Crippen LogP contribution in [0.2, 0.25) is 0 Å². The van der Waals surface area contributed by atoms with E-state index in [2.05, 4.69) is 11.1 Å². The van der Waals surface area contributed by atoms with Gasteiger partial charge in [-0.3, -0.25) is 4.98 Å². The molecule has 0 atom stereocenters. The molecule has 3 nitrogen and oxygen atoms in total. The van der Waals surface area contributed by atoms with Gasteiger partial charge < -0.3 is 9.84 Å². The van der Waals surface area contributed by atoms with Gasteiger partial charge in [0, 0.05) is 18.2 Å². The molecule has 96 valence electrons. The van der Waals surface area contributed by atoms with Crippen molar-refractivity contribution < 1.29 is 9.84 Å². The minimum Gasteiger partial charge on any atom is -0.392 e. The number of nitrogens with zero attached hydrogens (tertiary/aromatic N) is 1. The minimum absolute atomic E-state index is 0.0499. The van der Waals surface area contributed by atoms with Gasteiger partial charge in [-0.15, -0.1) is 0 Å². The van der Waals surface area contributed by atoms with Gasteiger partial charge in [0.05, 0.1) is 24.5 Å². The van der Waals surface area contributed by atoms with Crippen LogP contribution in [0.4, 0.5) is 0 Å². The first-order valence-electron chi connectivity index (χ1n) is 6.71. The summed E-state index contributed by atoms with van der Waals surface area (Å²) in [7, 11) is 0. The number of rotatable bonds is 2. The van der Waals surface area contributed by atoms with Crippen molar-refractivity contribution in [1.29, 1.82) is 0 Å². The molecule has 2 aliphatic rings. The molecule has 3 heteroatoms. The third-order valence-electron chi connectivity index (χ3n) is 4.11. The zero-order valence-electron chi connectivity index (χ0n) is 10.6. The highest BCUT2D eigenvalue weighted by molar-refractivity contribution is 5.66. The summed E-state index contributed by atoms with van der Waals surface area (Å²) in [6, 6.07) is 3.82. The molecule has 0 saturated heterocycles. The minimum atomic E-state index is 0.0499. The fourth-order valence-corrected chi connectivity index (χ4v) is 3.17. The molecule has 1 aromatic heterocycles. The summed E-state index contributed by atoms with van der Waals surface area (Å²) in [6.07, 6.45) is 9.70. The fraction of sp³-hybridized carbons (Fsp3) is 0.533. The standard InChI is InChI=1S/C15H19NO2/c17-11-13-4-3-8-16-14(13)12-5-9-18-15(10-12)6-1-2-7-15/h3-5,8,17H,1-2,6-7,9-11H2. The number of aliphatic hydroxyl groups is 1. The Morgan fingerprint density at radius 1 is 1.33 bits per heavy atom. The van der Waals surface area contributed by atoms with E-state index >= 15 is 0 Å². The van der Waals surface area contributed by atoms with Crippen molar-refractivity contribution in [3.05, 3.63) is 35.7 Å². The van der Waals surface area contributed by atoms with Gasteiger partial charge in [0.1, 0.15) is 0 Å². The molecule has 18 heavy (non-hydrogen) atoms. The maximum Gasteiger partial charge on any atom is 0.0727 e. The molecule has 0 aromatic carbocycles. The molecule has 1 saturated carbocycles. The van der Waals surface area contributed by atoms with E-state index in [0.29, 0.717) is 6.61 Å². The van der Waals surface area contributed by atoms with Crippen molar-refractivity contribution in [3.8, 4) is 0 Å². The van der Waals surface area contributed by atoms with E-state index in [1.165, 1.54) is 18.4 Å². The van der Waals surface area contributed by atoms with Crippen LogP contribution >= 0.6 is 0 Å². The molecule has 0 bridgehead atoms. The predicted molar refractivity (Wildman–Crippen MR) is 69.9 cm³/mol. The van der Waals surface area contributed by atoms with Crippen LogP contribution in [0.5, 0.6) is 0 Å². The quantitative estimate of drug-likeness (QED) is 0.871. The average molecular weight is 245 g/mol. The number of hydrogen-bond donors (Lipinski definition) is 1. The predicted octanol–water partition coefficient (Wildman–Crippen LogP) is 2.69. The topological polar surface area (TPSA) is 42.4 Å². The van der Waals surface area contributed by atoms with Crippen molar-refractivity contribution in [3.63, 3.8) is 0 Å². The molecule has 0 amide bonds. The Balaban J connectivity index is 1.90. The summed E-state index contributed by atoms with van der Waals surface area (Å²) in [6.45, 7) is 0.727. The van der Waals surface area contributed by atoms with Gasteiger partial charge >= 0.3 is 0 Å². The van der Waals surface area contributed by atoms with Gasteiger partial charge in [-0.1, -0.05) is 25.0 Å². The maximum absolute atomic E-state index is 9.41. The molecular formula is C15H19NO2. The van der Waals surface area contributed by atoms with E-state index < -0.39 is 0 Å². The number of aromatic nitrogens is 1. The van der Waals surface area contributed by atoms with Gasteiger partial charge in [-0.2, -0.15) is 0 Å². The van der Waals surface area contributed by atoms with Crippen molar-refractivity contribution >= 4 is 5.57 Å². The second-order valence-electron chi connectivity index (χ2n) is 5.28. The van der Waals surface area contributed by atoms with E-state index in [-0.39, 0.29) is 12.2 Å². The first-order chi connectivity index (χ1) is 8.83. The summed E-state index contributed by atoms with van der Waals surface area (Å²) < 4.78 is 5.98. The van der Waals surface area contributed by atoms with E-state index in [9.17, 15) is 5.11 Å². The first kappa shape index (κ1) is 11.9. The first-order valence-corrected chi connectivity index (χ1v) is 6.71. The van der Waals surface area contributed by atoms with Crippen LogP contribution in [0.1, 0.15) is 43.4 Å². The molecule has 3 rings (SSSR count). The van der Waals surface area contributed by atoms with Crippen LogP contribution in [-0.4, -0.2) is 22.3 Å². The molecule has 1 aromatic rings. The fourth-order valence-electron chi connectivity index (χ4n) is 3.17. The van der Waals surface area contributed by atoms with E-state index in [4.69, 9.17) is 4.74 Å². The van der Waals surface area contributed by atoms with Crippen molar-refractivity contribution in [2.75, 3.05) is 6.61 Å². The number of hydrogen-bond acceptors (Lipinski definition) is 3. The highest BCUT2D eigenvalue weighted by Crippen LogP contribution is 2.42. The zero-order valence-corrected chi connectivity index (χ0v) is 10.6. The van der Waals surface area contributed by atoms with Gasteiger partial charge in [-0.25, -0.2) is 0 Å². The lowest BCUT2D eigenvalue weighted by molar-refractivity contribution is -0.0278. The van der Waals surface area contributed by atoms with Gasteiger partial charge in [0.2, 0.25) is 0 Å². The lowest BCUT2D eigenvalue weighted by atomic mass is 9.88. The second kappa shape index (κ2) is 4.82. The van der Waals surface area contributed by atoms with Crippen molar-refractivity contribution in [2.24, 2.45) is 0 Å². The van der Waals surface area contributed by atoms with Crippen LogP contribution in [-0.2, 0) is 11.3 Å². The SMILES string of the molecule is OCc1cccnc1C1=CCOC2(CCCC2)C1. The van der Waals surface area contributed by atoms with E-state index in [0.717, 1.165) is 30.5 Å². The van der Waals surface area contributed by atoms with Crippen LogP contribution in [0, 0.1) is 0 Å². The molecule has 1 N–H and O–H groups in total. The summed E-state index contributed by atoms with van der Waals surface area (Å²) in [4.78, 5) is 4.44. The molecule has 1 aliphatic carbocycles. The van der Waals surface area contributed by atoms with E-state index in [1.54, 1.807) is 6.20 Å². The average Bonchev–Trinajstić information content (AvgIpc) is 2.86. The maximum atomic E-state index is 9.41. The summed E-state index contributed by atoms with van der Waals surface area (Å²) in [5, 5.41) is 9.41. The number of pyridine rings is 1. The molecule has 1 fully saturated rings. The normalized spacial score (nSPS) is 22.2. The summed E-state index contributed by atoms with van der Waals surface area (Å²) in [5.74, 6) is 0. The molecule has 2 heterocycles. The number of aliphatic hydroxyl groups excluding tert-OH is 1. The van der Waals surface area contributed by atoms with Crippen LogP contribution in [0.3, 0.4) is 0 Å². The third kappa shape index (κ3) is 2.08. The largest absolute Gasteiger partial charge is 0.392 e. The van der Waals surface area contributed by atoms with Gasteiger partial charge in [-0.05, 0) is 24.5 Å². The highest BCUT2D eigenvalue weighted by Gasteiger charge is 2.37. The van der Waals surface area contributed by atoms with Gasteiger partial charge in [0.25, 0.3) is 0 Å². The highest BCUT2D eigenvalue weighted by atomic mass is 16.5. The van der Waals surface area contributed by atoms with Crippen LogP contribution < -0.4 is 0 Å². The zero-order chi connectivity index (χ0) is 12.4. The van der Waals surface area contributed by atoms with Crippen LogP contribution in [0.15, 0.2) is 24.4 Å². The Bertz CT molecular complexity index is 461. The summed E-state index contributed by atoms with van der Waals surface area (Å²) in [5.41, 5.74) is 3.16. The monoisotopic (exact) mass is 245 g/mol. The Labute approximate surface area is 108 Å². The Kier molecular flexibility index (Phi) is 3.18. The third-order valence-corrected chi connectivity index (χ3v) is 4.11. The Hall–Kier alpha value is -1.19. The van der Waals surface area contributed by atoms with Crippen molar-refractivity contribution in [1.82, 2.24) is 4.98 Å². The Morgan fingerprint density at radius 2 is 2.17 bits per heavy atom. The van der Waals surface area contributed by atoms with Crippen molar-refractivity contribution in [2.45, 2.75) is 44.3 Å². The number of ether oxygens (including phenoxy) is 1. The second-order valence-corrected chi connectivity index (χ2v) is 5.28. The van der Waals surface area contributed by atoms with E-state index in [1.807, 2.05) is 12.1 Å². The molecule has 1 aliphatic heterocycles. The Morgan fingerprint density at radius 3 is 2.94 bits per heavy atom. The molecular weight excluding hydrogens is 226 g/mol.